The number of aryl methyl sites for hydroxylation is 2. The smallest absolute Gasteiger partial charge is 0.245 e. The number of nitrogens with zero attached hydrogens (tertiary/aromatic N) is 4. The molecule has 6 heteroatoms. The summed E-state index contributed by atoms with van der Waals surface area (Å²) >= 11 is 3.46. The predicted molar refractivity (Wildman–Crippen MR) is 69.6 cm³/mol. The molecule has 1 aromatic heterocycles. The number of halogens is 1. The molecule has 0 aliphatic carbocycles. The normalized spacial score (nSPS) is 25.1. The minimum Gasteiger partial charge on any atom is -0.371 e. The molecular weight excluding hydrogens is 284 g/mol. The summed E-state index contributed by atoms with van der Waals surface area (Å²) in [5.74, 6) is 0.703. The lowest BCUT2D eigenvalue weighted by molar-refractivity contribution is -0.00256. The second-order valence-electron chi connectivity index (χ2n) is 4.41. The van der Waals surface area contributed by atoms with Gasteiger partial charge in [0.25, 0.3) is 0 Å². The molecule has 0 N–H and O–H groups in total. The lowest BCUT2D eigenvalue weighted by Crippen LogP contribution is -2.48. The summed E-state index contributed by atoms with van der Waals surface area (Å²) in [4.78, 5) is 6.62. The summed E-state index contributed by atoms with van der Waals surface area (Å²) in [6.07, 6.45) is 0.375. The molecule has 1 fully saturated rings. The van der Waals surface area contributed by atoms with Crippen LogP contribution in [0, 0.1) is 13.8 Å². The third-order valence-electron chi connectivity index (χ3n) is 2.86. The number of hydrogen-bond donors (Lipinski definition) is 0. The van der Waals surface area contributed by atoms with Crippen LogP contribution in [0.4, 0.5) is 5.95 Å². The van der Waals surface area contributed by atoms with Gasteiger partial charge in [0.15, 0.2) is 0 Å². The van der Waals surface area contributed by atoms with Gasteiger partial charge in [-0.15, -0.1) is 5.10 Å². The first kappa shape index (κ1) is 12.7. The first-order valence-corrected chi connectivity index (χ1v) is 6.86. The number of anilines is 1. The zero-order valence-corrected chi connectivity index (χ0v) is 11.9. The molecule has 2 heterocycles. The number of rotatable bonds is 2. The first-order chi connectivity index (χ1) is 8.10. The Hall–Kier alpha value is -0.750. The minimum atomic E-state index is 0.184. The van der Waals surface area contributed by atoms with Crippen LogP contribution < -0.4 is 4.90 Å². The monoisotopic (exact) mass is 300 g/mol. The van der Waals surface area contributed by atoms with E-state index in [2.05, 4.69) is 42.9 Å². The number of ether oxygens (including phenoxy) is 1. The van der Waals surface area contributed by atoms with Crippen LogP contribution in [0.15, 0.2) is 0 Å². The minimum absolute atomic E-state index is 0.184. The fraction of sp³-hybridized carbons (Fsp3) is 0.727. The molecule has 0 aromatic carbocycles. The fourth-order valence-corrected chi connectivity index (χ4v) is 2.23. The molecule has 94 valence electrons. The Morgan fingerprint density at radius 2 is 2.06 bits per heavy atom. The van der Waals surface area contributed by atoms with Crippen molar-refractivity contribution in [3.8, 4) is 0 Å². The van der Waals surface area contributed by atoms with E-state index in [9.17, 15) is 0 Å². The predicted octanol–water partition coefficient (Wildman–Crippen LogP) is 1.48. The second kappa shape index (κ2) is 5.27. The van der Waals surface area contributed by atoms with Gasteiger partial charge < -0.3 is 9.64 Å². The maximum atomic E-state index is 5.78. The van der Waals surface area contributed by atoms with Gasteiger partial charge in [0.05, 0.1) is 23.6 Å². The standard InChI is InChI=1S/C11H17BrN4O/c1-7-5-16(6-10(4-12)17-7)11-13-8(2)9(3)14-15-11/h7,10H,4-6H2,1-3H3. The van der Waals surface area contributed by atoms with Crippen LogP contribution in [-0.2, 0) is 4.74 Å². The largest absolute Gasteiger partial charge is 0.371 e. The van der Waals surface area contributed by atoms with E-state index in [4.69, 9.17) is 4.74 Å². The molecule has 1 aromatic rings. The molecule has 2 rings (SSSR count). The quantitative estimate of drug-likeness (QED) is 0.774. The van der Waals surface area contributed by atoms with Crippen molar-refractivity contribution in [2.75, 3.05) is 23.3 Å². The third-order valence-corrected chi connectivity index (χ3v) is 3.58. The number of hydrogen-bond acceptors (Lipinski definition) is 5. The van der Waals surface area contributed by atoms with Crippen molar-refractivity contribution < 1.29 is 4.74 Å². The number of aromatic nitrogens is 3. The van der Waals surface area contributed by atoms with Gasteiger partial charge in [-0.2, -0.15) is 5.10 Å². The Morgan fingerprint density at radius 1 is 1.29 bits per heavy atom. The summed E-state index contributed by atoms with van der Waals surface area (Å²) in [5.41, 5.74) is 1.82. The van der Waals surface area contributed by atoms with Crippen molar-refractivity contribution in [2.45, 2.75) is 33.0 Å². The van der Waals surface area contributed by atoms with Crippen LogP contribution in [0.25, 0.3) is 0 Å². The Balaban J connectivity index is 2.17. The van der Waals surface area contributed by atoms with Crippen molar-refractivity contribution in [2.24, 2.45) is 0 Å². The van der Waals surface area contributed by atoms with Crippen LogP contribution in [0.5, 0.6) is 0 Å². The first-order valence-electron chi connectivity index (χ1n) is 5.74. The summed E-state index contributed by atoms with van der Waals surface area (Å²) in [7, 11) is 0. The third kappa shape index (κ3) is 2.93. The molecule has 0 amide bonds. The molecule has 1 aliphatic rings. The summed E-state index contributed by atoms with van der Waals surface area (Å²) < 4.78 is 5.78. The van der Waals surface area contributed by atoms with E-state index in [0.29, 0.717) is 5.95 Å². The second-order valence-corrected chi connectivity index (χ2v) is 5.06. The van der Waals surface area contributed by atoms with Crippen LogP contribution in [0.3, 0.4) is 0 Å². The van der Waals surface area contributed by atoms with Gasteiger partial charge in [0, 0.05) is 18.4 Å². The average molecular weight is 301 g/mol. The Kier molecular flexibility index (Phi) is 3.93. The van der Waals surface area contributed by atoms with E-state index in [0.717, 1.165) is 29.8 Å². The zero-order chi connectivity index (χ0) is 12.4. The van der Waals surface area contributed by atoms with Crippen LogP contribution >= 0.6 is 15.9 Å². The highest BCUT2D eigenvalue weighted by atomic mass is 79.9. The van der Waals surface area contributed by atoms with E-state index in [-0.39, 0.29) is 12.2 Å². The molecular formula is C11H17BrN4O. The van der Waals surface area contributed by atoms with E-state index in [1.165, 1.54) is 0 Å². The lowest BCUT2D eigenvalue weighted by atomic mass is 10.2. The molecule has 1 aliphatic heterocycles. The molecule has 5 nitrogen and oxygen atoms in total. The highest BCUT2D eigenvalue weighted by Crippen LogP contribution is 2.17. The molecule has 0 radical (unpaired) electrons. The van der Waals surface area contributed by atoms with Crippen molar-refractivity contribution in [3.63, 3.8) is 0 Å². The fourth-order valence-electron chi connectivity index (χ4n) is 1.87. The lowest BCUT2D eigenvalue weighted by Gasteiger charge is -2.35. The van der Waals surface area contributed by atoms with E-state index >= 15 is 0 Å². The van der Waals surface area contributed by atoms with Gasteiger partial charge in [-0.05, 0) is 20.8 Å². The Bertz CT molecular complexity index is 401. The van der Waals surface area contributed by atoms with Crippen LogP contribution in [0.1, 0.15) is 18.3 Å². The molecule has 0 bridgehead atoms. The van der Waals surface area contributed by atoms with Crippen LogP contribution in [0.2, 0.25) is 0 Å². The molecule has 2 atom stereocenters. The average Bonchev–Trinajstić information content (AvgIpc) is 2.32. The van der Waals surface area contributed by atoms with Crippen molar-refractivity contribution in [1.29, 1.82) is 0 Å². The van der Waals surface area contributed by atoms with E-state index < -0.39 is 0 Å². The Labute approximate surface area is 110 Å². The molecule has 0 saturated carbocycles. The number of alkyl halides is 1. The summed E-state index contributed by atoms with van der Waals surface area (Å²) in [6.45, 7) is 7.56. The highest BCUT2D eigenvalue weighted by molar-refractivity contribution is 9.09. The van der Waals surface area contributed by atoms with Crippen molar-refractivity contribution in [1.82, 2.24) is 15.2 Å². The Morgan fingerprint density at radius 3 is 2.71 bits per heavy atom. The van der Waals surface area contributed by atoms with Crippen molar-refractivity contribution >= 4 is 21.9 Å². The molecule has 0 spiro atoms. The van der Waals surface area contributed by atoms with Gasteiger partial charge in [-0.3, -0.25) is 0 Å². The van der Waals surface area contributed by atoms with Gasteiger partial charge in [0.1, 0.15) is 0 Å². The molecule has 2 unspecified atom stereocenters. The maximum Gasteiger partial charge on any atom is 0.245 e. The van der Waals surface area contributed by atoms with E-state index in [1.54, 1.807) is 0 Å². The summed E-state index contributed by atoms with van der Waals surface area (Å²) in [5, 5.41) is 9.11. The zero-order valence-electron chi connectivity index (χ0n) is 10.4. The van der Waals surface area contributed by atoms with E-state index in [1.807, 2.05) is 13.8 Å². The molecule has 1 saturated heterocycles. The number of morpholine rings is 1. The van der Waals surface area contributed by atoms with Gasteiger partial charge in [-0.25, -0.2) is 4.98 Å². The highest BCUT2D eigenvalue weighted by Gasteiger charge is 2.26. The van der Waals surface area contributed by atoms with Gasteiger partial charge >= 0.3 is 0 Å². The van der Waals surface area contributed by atoms with Gasteiger partial charge in [-0.1, -0.05) is 15.9 Å². The SMILES string of the molecule is Cc1nnc(N2CC(C)OC(CBr)C2)nc1C. The maximum absolute atomic E-state index is 5.78. The molecule has 17 heavy (non-hydrogen) atoms. The van der Waals surface area contributed by atoms with Gasteiger partial charge in [0.2, 0.25) is 5.95 Å². The topological polar surface area (TPSA) is 51.1 Å². The van der Waals surface area contributed by atoms with Crippen LogP contribution in [-0.4, -0.2) is 45.8 Å². The summed E-state index contributed by atoms with van der Waals surface area (Å²) in [6, 6.07) is 0. The van der Waals surface area contributed by atoms with Crippen molar-refractivity contribution in [3.05, 3.63) is 11.4 Å².